The van der Waals surface area contributed by atoms with Crippen LogP contribution in [0, 0.1) is 0 Å². The molecule has 0 aliphatic carbocycles. The Hall–Kier alpha value is -1.45. The van der Waals surface area contributed by atoms with Crippen LogP contribution >= 0.6 is 0 Å². The smallest absolute Gasteiger partial charge is 0.313 e. The standard InChI is InChI=1S/C10H16N4O4S/c1-12-6-8(9(15)13(2)10(12)16)19(17,18)14(3)7-4-11-5-7/h6-7,11H,4-5H2,1-3H3. The molecule has 19 heavy (non-hydrogen) atoms. The Morgan fingerprint density at radius 2 is 1.89 bits per heavy atom. The van der Waals surface area contributed by atoms with Crippen molar-refractivity contribution in [3.8, 4) is 0 Å². The number of likely N-dealkylation sites (N-methyl/N-ethyl adjacent to an activating group) is 1. The van der Waals surface area contributed by atoms with E-state index in [0.717, 1.165) is 15.3 Å². The predicted octanol–water partition coefficient (Wildman–Crippen LogP) is -2.32. The van der Waals surface area contributed by atoms with E-state index in [2.05, 4.69) is 5.32 Å². The van der Waals surface area contributed by atoms with E-state index in [1.807, 2.05) is 0 Å². The highest BCUT2D eigenvalue weighted by Crippen LogP contribution is 2.14. The van der Waals surface area contributed by atoms with E-state index in [1.54, 1.807) is 0 Å². The molecule has 0 atom stereocenters. The number of rotatable bonds is 3. The molecule has 1 fully saturated rings. The van der Waals surface area contributed by atoms with Crippen LogP contribution in [0.3, 0.4) is 0 Å². The number of aryl methyl sites for hydroxylation is 1. The van der Waals surface area contributed by atoms with Gasteiger partial charge in [-0.3, -0.25) is 9.36 Å². The lowest BCUT2D eigenvalue weighted by atomic mass is 10.2. The summed E-state index contributed by atoms with van der Waals surface area (Å²) in [4.78, 5) is 23.1. The predicted molar refractivity (Wildman–Crippen MR) is 68.5 cm³/mol. The highest BCUT2D eigenvalue weighted by Gasteiger charge is 2.34. The maximum atomic E-state index is 12.4. The molecule has 2 heterocycles. The first kappa shape index (κ1) is 14.0. The zero-order chi connectivity index (χ0) is 14.4. The third kappa shape index (κ3) is 2.13. The molecule has 9 heteroatoms. The van der Waals surface area contributed by atoms with Crippen molar-refractivity contribution < 1.29 is 8.42 Å². The minimum Gasteiger partial charge on any atom is -0.313 e. The molecule has 1 aromatic heterocycles. The van der Waals surface area contributed by atoms with Crippen LogP contribution in [0.5, 0.6) is 0 Å². The fraction of sp³-hybridized carbons (Fsp3) is 0.600. The summed E-state index contributed by atoms with van der Waals surface area (Å²) in [5.41, 5.74) is -1.36. The van der Waals surface area contributed by atoms with Gasteiger partial charge >= 0.3 is 5.69 Å². The van der Waals surface area contributed by atoms with Gasteiger partial charge in [0.05, 0.1) is 0 Å². The molecule has 106 valence electrons. The molecule has 1 aliphatic rings. The van der Waals surface area contributed by atoms with Crippen LogP contribution in [0.4, 0.5) is 0 Å². The second kappa shape index (κ2) is 4.58. The summed E-state index contributed by atoms with van der Waals surface area (Å²) in [6, 6.07) is -0.160. The van der Waals surface area contributed by atoms with E-state index in [4.69, 9.17) is 0 Å². The van der Waals surface area contributed by atoms with Crippen LogP contribution < -0.4 is 16.6 Å². The van der Waals surface area contributed by atoms with Gasteiger partial charge in [0.1, 0.15) is 0 Å². The molecule has 0 saturated carbocycles. The fourth-order valence-electron chi connectivity index (χ4n) is 1.83. The largest absolute Gasteiger partial charge is 0.330 e. The van der Waals surface area contributed by atoms with Crippen LogP contribution in [0.1, 0.15) is 0 Å². The van der Waals surface area contributed by atoms with Crippen molar-refractivity contribution in [3.05, 3.63) is 27.0 Å². The Balaban J connectivity index is 2.58. The maximum absolute atomic E-state index is 12.4. The van der Waals surface area contributed by atoms with Crippen molar-refractivity contribution in [3.63, 3.8) is 0 Å². The first-order valence-corrected chi connectivity index (χ1v) is 7.16. The lowest BCUT2D eigenvalue weighted by molar-refractivity contribution is 0.273. The van der Waals surface area contributed by atoms with E-state index in [1.165, 1.54) is 25.4 Å². The first-order chi connectivity index (χ1) is 8.76. The van der Waals surface area contributed by atoms with Crippen LogP contribution in [-0.2, 0) is 24.1 Å². The topological polar surface area (TPSA) is 93.4 Å². The molecule has 1 aliphatic heterocycles. The molecule has 2 rings (SSSR count). The van der Waals surface area contributed by atoms with Crippen LogP contribution in [0.2, 0.25) is 0 Å². The lowest BCUT2D eigenvalue weighted by Gasteiger charge is -2.34. The van der Waals surface area contributed by atoms with Gasteiger partial charge in [-0.05, 0) is 0 Å². The minimum atomic E-state index is -3.89. The van der Waals surface area contributed by atoms with Gasteiger partial charge < -0.3 is 9.88 Å². The number of sulfonamides is 1. The van der Waals surface area contributed by atoms with Crippen molar-refractivity contribution in [2.75, 3.05) is 20.1 Å². The lowest BCUT2D eigenvalue weighted by Crippen LogP contribution is -2.58. The van der Waals surface area contributed by atoms with Gasteiger partial charge in [-0.15, -0.1) is 0 Å². The second-order valence-corrected chi connectivity index (χ2v) is 6.55. The van der Waals surface area contributed by atoms with Gasteiger partial charge in [-0.2, -0.15) is 4.31 Å². The number of hydrogen-bond donors (Lipinski definition) is 1. The fourth-order valence-corrected chi connectivity index (χ4v) is 3.33. The molecule has 0 radical (unpaired) electrons. The Bertz CT molecular complexity index is 714. The Kier molecular flexibility index (Phi) is 3.37. The summed E-state index contributed by atoms with van der Waals surface area (Å²) in [6.07, 6.45) is 1.07. The maximum Gasteiger partial charge on any atom is 0.330 e. The zero-order valence-corrected chi connectivity index (χ0v) is 11.8. The Morgan fingerprint density at radius 1 is 1.32 bits per heavy atom. The number of nitrogens with zero attached hydrogens (tertiary/aromatic N) is 3. The van der Waals surface area contributed by atoms with Crippen LogP contribution in [0.25, 0.3) is 0 Å². The average molecular weight is 288 g/mol. The third-order valence-electron chi connectivity index (χ3n) is 3.35. The molecule has 0 aromatic carbocycles. The number of hydrogen-bond acceptors (Lipinski definition) is 5. The highest BCUT2D eigenvalue weighted by molar-refractivity contribution is 7.89. The average Bonchev–Trinajstić information content (AvgIpc) is 2.28. The first-order valence-electron chi connectivity index (χ1n) is 5.72. The molecule has 1 aromatic rings. The van der Waals surface area contributed by atoms with E-state index in [9.17, 15) is 18.0 Å². The third-order valence-corrected chi connectivity index (χ3v) is 5.24. The summed E-state index contributed by atoms with van der Waals surface area (Å²) >= 11 is 0. The highest BCUT2D eigenvalue weighted by atomic mass is 32.2. The van der Waals surface area contributed by atoms with Gasteiger partial charge in [0.15, 0.2) is 4.90 Å². The van der Waals surface area contributed by atoms with Gasteiger partial charge in [0, 0.05) is 46.5 Å². The van der Waals surface area contributed by atoms with Crippen molar-refractivity contribution in [1.29, 1.82) is 0 Å². The molecule has 1 saturated heterocycles. The SMILES string of the molecule is CN(C1CNC1)S(=O)(=O)c1cn(C)c(=O)n(C)c1=O. The van der Waals surface area contributed by atoms with Crippen molar-refractivity contribution >= 4 is 10.0 Å². The zero-order valence-electron chi connectivity index (χ0n) is 11.0. The van der Waals surface area contributed by atoms with Crippen LogP contribution in [-0.4, -0.2) is 48.0 Å². The molecule has 0 spiro atoms. The quantitative estimate of drug-likeness (QED) is 0.674. The number of aromatic nitrogens is 2. The Labute approximate surface area is 110 Å². The molecule has 8 nitrogen and oxygen atoms in total. The van der Waals surface area contributed by atoms with Gasteiger partial charge in [0.25, 0.3) is 5.56 Å². The normalized spacial score (nSPS) is 16.6. The summed E-state index contributed by atoms with van der Waals surface area (Å²) in [6.45, 7) is 1.11. The number of nitrogens with one attached hydrogen (secondary N) is 1. The summed E-state index contributed by atoms with van der Waals surface area (Å²) < 4.78 is 27.8. The van der Waals surface area contributed by atoms with Crippen LogP contribution in [0.15, 0.2) is 20.7 Å². The van der Waals surface area contributed by atoms with Crippen molar-refractivity contribution in [1.82, 2.24) is 18.8 Å². The van der Waals surface area contributed by atoms with Crippen molar-refractivity contribution in [2.24, 2.45) is 14.1 Å². The van der Waals surface area contributed by atoms with Gasteiger partial charge in [0.2, 0.25) is 10.0 Å². The van der Waals surface area contributed by atoms with Crippen molar-refractivity contribution in [2.45, 2.75) is 10.9 Å². The van der Waals surface area contributed by atoms with E-state index in [-0.39, 0.29) is 10.9 Å². The van der Waals surface area contributed by atoms with Gasteiger partial charge in [-0.25, -0.2) is 13.2 Å². The van der Waals surface area contributed by atoms with Gasteiger partial charge in [-0.1, -0.05) is 0 Å². The molecular weight excluding hydrogens is 272 g/mol. The molecule has 1 N–H and O–H groups in total. The summed E-state index contributed by atoms with van der Waals surface area (Å²) in [5.74, 6) is 0. The minimum absolute atomic E-state index is 0.160. The molecular formula is C10H16N4O4S. The summed E-state index contributed by atoms with van der Waals surface area (Å²) in [7, 11) is 0.212. The van der Waals surface area contributed by atoms with E-state index >= 15 is 0 Å². The second-order valence-electron chi connectivity index (χ2n) is 4.58. The monoisotopic (exact) mass is 288 g/mol. The summed E-state index contributed by atoms with van der Waals surface area (Å²) in [5, 5.41) is 2.97. The van der Waals surface area contributed by atoms with E-state index < -0.39 is 21.3 Å². The van der Waals surface area contributed by atoms with E-state index in [0.29, 0.717) is 13.1 Å². The molecule has 0 amide bonds. The molecule has 0 unspecified atom stereocenters. The Morgan fingerprint density at radius 3 is 2.37 bits per heavy atom. The molecule has 0 bridgehead atoms.